The SMILES string of the molecule is CCC(O)CCCCOC(=O)CCCC(=O)OCCCCC(O)CC. The summed E-state index contributed by atoms with van der Waals surface area (Å²) in [5.74, 6) is -0.588. The quantitative estimate of drug-likeness (QED) is 0.324. The predicted molar refractivity (Wildman–Crippen MR) is 96.1 cm³/mol. The molecular weight excluding hydrogens is 324 g/mol. The van der Waals surface area contributed by atoms with Crippen LogP contribution in [0.2, 0.25) is 0 Å². The highest BCUT2D eigenvalue weighted by atomic mass is 16.5. The molecule has 0 saturated heterocycles. The van der Waals surface area contributed by atoms with Crippen molar-refractivity contribution in [2.75, 3.05) is 13.2 Å². The number of hydrogen-bond donors (Lipinski definition) is 2. The monoisotopic (exact) mass is 360 g/mol. The van der Waals surface area contributed by atoms with E-state index in [9.17, 15) is 19.8 Å². The molecule has 0 rings (SSSR count). The van der Waals surface area contributed by atoms with Gasteiger partial charge in [-0.1, -0.05) is 13.8 Å². The summed E-state index contributed by atoms with van der Waals surface area (Å²) in [6.45, 7) is 4.60. The van der Waals surface area contributed by atoms with Crippen LogP contribution in [0.3, 0.4) is 0 Å². The van der Waals surface area contributed by atoms with Crippen LogP contribution in [-0.4, -0.2) is 47.6 Å². The second-order valence-electron chi connectivity index (χ2n) is 6.41. The van der Waals surface area contributed by atoms with Gasteiger partial charge in [0.15, 0.2) is 0 Å². The van der Waals surface area contributed by atoms with Crippen LogP contribution < -0.4 is 0 Å². The van der Waals surface area contributed by atoms with Crippen LogP contribution >= 0.6 is 0 Å². The third kappa shape index (κ3) is 16.1. The smallest absolute Gasteiger partial charge is 0.305 e. The molecule has 6 nitrogen and oxygen atoms in total. The number of ether oxygens (including phenoxy) is 2. The number of esters is 2. The molecule has 25 heavy (non-hydrogen) atoms. The first-order chi connectivity index (χ1) is 12.0. The minimum atomic E-state index is -0.294. The Hall–Kier alpha value is -1.14. The molecule has 0 saturated carbocycles. The lowest BCUT2D eigenvalue weighted by Crippen LogP contribution is -2.10. The Bertz CT molecular complexity index is 313. The lowest BCUT2D eigenvalue weighted by molar-refractivity contribution is -0.145. The fourth-order valence-corrected chi connectivity index (χ4v) is 2.27. The van der Waals surface area contributed by atoms with Crippen molar-refractivity contribution >= 4 is 11.9 Å². The molecule has 2 N–H and O–H groups in total. The molecule has 0 heterocycles. The van der Waals surface area contributed by atoms with Gasteiger partial charge < -0.3 is 19.7 Å². The second kappa shape index (κ2) is 16.3. The third-order valence-electron chi connectivity index (χ3n) is 4.09. The zero-order valence-electron chi connectivity index (χ0n) is 15.9. The lowest BCUT2D eigenvalue weighted by Gasteiger charge is -2.08. The third-order valence-corrected chi connectivity index (χ3v) is 4.09. The van der Waals surface area contributed by atoms with Crippen LogP contribution in [0.15, 0.2) is 0 Å². The highest BCUT2D eigenvalue weighted by Gasteiger charge is 2.08. The van der Waals surface area contributed by atoms with Crippen LogP contribution in [0.5, 0.6) is 0 Å². The Labute approximate surface area is 151 Å². The minimum absolute atomic E-state index is 0.218. The van der Waals surface area contributed by atoms with E-state index in [0.29, 0.717) is 19.6 Å². The van der Waals surface area contributed by atoms with Crippen LogP contribution in [0.4, 0.5) is 0 Å². The van der Waals surface area contributed by atoms with Crippen molar-refractivity contribution in [1.29, 1.82) is 0 Å². The number of aliphatic hydroxyl groups is 2. The minimum Gasteiger partial charge on any atom is -0.466 e. The highest BCUT2D eigenvalue weighted by Crippen LogP contribution is 2.07. The van der Waals surface area contributed by atoms with E-state index in [1.165, 1.54) is 0 Å². The number of carbonyl (C=O) groups is 2. The van der Waals surface area contributed by atoms with Gasteiger partial charge in [-0.25, -0.2) is 0 Å². The van der Waals surface area contributed by atoms with Gasteiger partial charge in [0.2, 0.25) is 0 Å². The molecule has 2 unspecified atom stereocenters. The molecule has 6 heteroatoms. The largest absolute Gasteiger partial charge is 0.466 e. The van der Waals surface area contributed by atoms with Crippen molar-refractivity contribution in [2.24, 2.45) is 0 Å². The molecule has 0 aromatic carbocycles. The Morgan fingerprint density at radius 1 is 0.720 bits per heavy atom. The molecular formula is C19H36O6. The average Bonchev–Trinajstić information content (AvgIpc) is 2.60. The number of unbranched alkanes of at least 4 members (excludes halogenated alkanes) is 2. The van der Waals surface area contributed by atoms with Gasteiger partial charge in [0.05, 0.1) is 25.4 Å². The summed E-state index contributed by atoms with van der Waals surface area (Å²) in [5.41, 5.74) is 0. The van der Waals surface area contributed by atoms with Crippen LogP contribution in [0.25, 0.3) is 0 Å². The van der Waals surface area contributed by atoms with E-state index < -0.39 is 0 Å². The molecule has 0 radical (unpaired) electrons. The van der Waals surface area contributed by atoms with Crippen LogP contribution in [0, 0.1) is 0 Å². The van der Waals surface area contributed by atoms with Crippen molar-refractivity contribution in [1.82, 2.24) is 0 Å². The average molecular weight is 360 g/mol. The van der Waals surface area contributed by atoms with Crippen molar-refractivity contribution < 1.29 is 29.3 Å². The van der Waals surface area contributed by atoms with Gasteiger partial charge in [0, 0.05) is 12.8 Å². The first kappa shape index (κ1) is 23.9. The predicted octanol–water partition coefficient (Wildman–Crippen LogP) is 3.13. The molecule has 0 aromatic heterocycles. The first-order valence-corrected chi connectivity index (χ1v) is 9.66. The molecule has 2 atom stereocenters. The zero-order chi connectivity index (χ0) is 18.9. The summed E-state index contributed by atoms with van der Waals surface area (Å²) in [4.78, 5) is 23.0. The molecule has 0 aliphatic carbocycles. The summed E-state index contributed by atoms with van der Waals surface area (Å²) >= 11 is 0. The molecule has 0 spiro atoms. The van der Waals surface area contributed by atoms with E-state index in [1.54, 1.807) is 0 Å². The summed E-state index contributed by atoms with van der Waals surface area (Å²) in [5, 5.41) is 18.8. The molecule has 148 valence electrons. The summed E-state index contributed by atoms with van der Waals surface area (Å²) < 4.78 is 10.2. The number of carbonyl (C=O) groups excluding carboxylic acids is 2. The summed E-state index contributed by atoms with van der Waals surface area (Å²) in [6.07, 6.45) is 6.47. The maximum absolute atomic E-state index is 11.5. The van der Waals surface area contributed by atoms with Crippen molar-refractivity contribution in [2.45, 2.75) is 96.7 Å². The molecule has 0 fully saturated rings. The number of rotatable bonds is 16. The topological polar surface area (TPSA) is 93.1 Å². The van der Waals surface area contributed by atoms with E-state index in [2.05, 4.69) is 0 Å². The Morgan fingerprint density at radius 3 is 1.48 bits per heavy atom. The number of aliphatic hydroxyl groups excluding tert-OH is 2. The lowest BCUT2D eigenvalue weighted by atomic mass is 10.1. The zero-order valence-corrected chi connectivity index (χ0v) is 15.9. The maximum Gasteiger partial charge on any atom is 0.305 e. The van der Waals surface area contributed by atoms with Crippen molar-refractivity contribution in [3.63, 3.8) is 0 Å². The molecule has 0 aliphatic rings. The fourth-order valence-electron chi connectivity index (χ4n) is 2.27. The van der Waals surface area contributed by atoms with Gasteiger partial charge in [-0.15, -0.1) is 0 Å². The Morgan fingerprint density at radius 2 is 1.12 bits per heavy atom. The van der Waals surface area contributed by atoms with Gasteiger partial charge in [-0.2, -0.15) is 0 Å². The Kier molecular flexibility index (Phi) is 15.6. The summed E-state index contributed by atoms with van der Waals surface area (Å²) in [7, 11) is 0. The highest BCUT2D eigenvalue weighted by molar-refractivity contribution is 5.72. The van der Waals surface area contributed by atoms with E-state index in [0.717, 1.165) is 51.4 Å². The van der Waals surface area contributed by atoms with Crippen LogP contribution in [-0.2, 0) is 19.1 Å². The van der Waals surface area contributed by atoms with E-state index >= 15 is 0 Å². The van der Waals surface area contributed by atoms with Crippen LogP contribution in [0.1, 0.15) is 84.5 Å². The summed E-state index contributed by atoms with van der Waals surface area (Å²) in [6, 6.07) is 0. The van der Waals surface area contributed by atoms with Gasteiger partial charge in [-0.3, -0.25) is 9.59 Å². The maximum atomic E-state index is 11.5. The Balaban J connectivity index is 3.44. The first-order valence-electron chi connectivity index (χ1n) is 9.66. The number of hydrogen-bond acceptors (Lipinski definition) is 6. The second-order valence-corrected chi connectivity index (χ2v) is 6.41. The standard InChI is InChI=1S/C19H36O6/c1-3-16(20)10-5-7-14-24-18(22)12-9-13-19(23)25-15-8-6-11-17(21)4-2/h16-17,20-21H,3-15H2,1-2H3. The normalized spacial score (nSPS) is 13.3. The fraction of sp³-hybridized carbons (Fsp3) is 0.895. The molecule has 0 aliphatic heterocycles. The van der Waals surface area contributed by atoms with E-state index in [1.807, 2.05) is 13.8 Å². The van der Waals surface area contributed by atoms with Crippen molar-refractivity contribution in [3.05, 3.63) is 0 Å². The van der Waals surface area contributed by atoms with Crippen molar-refractivity contribution in [3.8, 4) is 0 Å². The molecule has 0 bridgehead atoms. The van der Waals surface area contributed by atoms with Gasteiger partial charge in [0.1, 0.15) is 0 Å². The van der Waals surface area contributed by atoms with Gasteiger partial charge in [0.25, 0.3) is 0 Å². The molecule has 0 amide bonds. The van der Waals surface area contributed by atoms with E-state index in [-0.39, 0.29) is 37.0 Å². The van der Waals surface area contributed by atoms with Gasteiger partial charge >= 0.3 is 11.9 Å². The molecule has 0 aromatic rings. The van der Waals surface area contributed by atoms with E-state index in [4.69, 9.17) is 9.47 Å². The van der Waals surface area contributed by atoms with Gasteiger partial charge in [-0.05, 0) is 57.8 Å².